The van der Waals surface area contributed by atoms with Crippen LogP contribution in [0, 0.1) is 5.41 Å². The van der Waals surface area contributed by atoms with Crippen LogP contribution in [0.1, 0.15) is 51.9 Å². The maximum Gasteiger partial charge on any atom is 1.00 e. The third-order valence-electron chi connectivity index (χ3n) is 4.38. The molecule has 2 atom stereocenters. The smallest absolute Gasteiger partial charge is 0.747 e. The van der Waals surface area contributed by atoms with Gasteiger partial charge in [0, 0.05) is 6.42 Å². The van der Waals surface area contributed by atoms with Crippen molar-refractivity contribution in [2.45, 2.75) is 57.1 Å². The molecule has 0 bridgehead atoms. The van der Waals surface area contributed by atoms with Crippen molar-refractivity contribution >= 4 is 28.0 Å². The minimum Gasteiger partial charge on any atom is -0.747 e. The molecule has 1 aliphatic heterocycles. The van der Waals surface area contributed by atoms with Crippen LogP contribution < -0.4 is 29.6 Å². The Morgan fingerprint density at radius 1 is 1.21 bits per heavy atom. The third-order valence-corrected chi connectivity index (χ3v) is 5.44. The first-order valence-corrected chi connectivity index (χ1v) is 10.6. The van der Waals surface area contributed by atoms with Gasteiger partial charge in [0.15, 0.2) is 5.25 Å². The fraction of sp³-hybridized carbons (Fsp3) is 0.824. The summed E-state index contributed by atoms with van der Waals surface area (Å²) in [7, 11) is -5.12. The predicted molar refractivity (Wildman–Crippen MR) is 93.9 cm³/mol. The van der Waals surface area contributed by atoms with Crippen LogP contribution in [0.4, 0.5) is 0 Å². The van der Waals surface area contributed by atoms with Gasteiger partial charge in [0.05, 0.1) is 18.4 Å². The molecule has 29 heavy (non-hydrogen) atoms. The normalized spacial score (nSPS) is 22.9. The zero-order valence-electron chi connectivity index (χ0n) is 16.9. The summed E-state index contributed by atoms with van der Waals surface area (Å²) in [4.78, 5) is 35.5. The van der Waals surface area contributed by atoms with E-state index in [1.165, 1.54) is 0 Å². The second-order valence-corrected chi connectivity index (χ2v) is 8.49. The Hall–Kier alpha value is -0.720. The van der Waals surface area contributed by atoms with E-state index in [0.29, 0.717) is 6.42 Å². The molecule has 1 N–H and O–H groups in total. The number of carbonyl (C=O) groups is 3. The van der Waals surface area contributed by atoms with Crippen molar-refractivity contribution in [2.75, 3.05) is 26.4 Å². The molecular formula is C17H27NaO10S. The van der Waals surface area contributed by atoms with Crippen molar-refractivity contribution in [3.63, 3.8) is 0 Å². The van der Waals surface area contributed by atoms with E-state index < -0.39 is 71.5 Å². The zero-order valence-corrected chi connectivity index (χ0v) is 19.7. The van der Waals surface area contributed by atoms with Crippen molar-refractivity contribution in [3.8, 4) is 0 Å². The molecule has 0 aromatic rings. The van der Waals surface area contributed by atoms with E-state index in [-0.39, 0.29) is 36.0 Å². The minimum absolute atomic E-state index is 0. The summed E-state index contributed by atoms with van der Waals surface area (Å²) in [5, 5.41) is 7.46. The van der Waals surface area contributed by atoms with Crippen LogP contribution in [0.3, 0.4) is 0 Å². The van der Waals surface area contributed by atoms with Crippen LogP contribution in [-0.4, -0.2) is 67.7 Å². The first kappa shape index (κ1) is 28.3. The van der Waals surface area contributed by atoms with E-state index in [9.17, 15) is 32.5 Å². The fourth-order valence-electron chi connectivity index (χ4n) is 2.50. The standard InChI is InChI=1S/C17H28O10S.Na/c1-2-3-4-5-6-7-14(19)25-10-17(9-18)11-26-15(20)8-13(28(22,23)24)16(21)27-12-17;/h13,18H,2-12H2,1H3,(H,22,23,24);/q;+1/p-1. The van der Waals surface area contributed by atoms with Gasteiger partial charge in [-0.1, -0.05) is 32.6 Å². The molecule has 1 rings (SSSR count). The van der Waals surface area contributed by atoms with Gasteiger partial charge >= 0.3 is 47.5 Å². The summed E-state index contributed by atoms with van der Waals surface area (Å²) in [6, 6.07) is 0. The van der Waals surface area contributed by atoms with Crippen LogP contribution >= 0.6 is 0 Å². The van der Waals surface area contributed by atoms with Crippen molar-refractivity contribution in [1.82, 2.24) is 0 Å². The zero-order chi connectivity index (χ0) is 21.2. The summed E-state index contributed by atoms with van der Waals surface area (Å²) in [6.07, 6.45) is 3.91. The largest absolute Gasteiger partial charge is 1.00 e. The Kier molecular flexibility index (Phi) is 13.2. The molecule has 10 nitrogen and oxygen atoms in total. The summed E-state index contributed by atoms with van der Waals surface area (Å²) < 4.78 is 48.3. The summed E-state index contributed by atoms with van der Waals surface area (Å²) in [5.74, 6) is -3.03. The van der Waals surface area contributed by atoms with Gasteiger partial charge in [0.1, 0.15) is 29.9 Å². The van der Waals surface area contributed by atoms with Crippen LogP contribution in [-0.2, 0) is 38.7 Å². The average molecular weight is 446 g/mol. The molecule has 1 fully saturated rings. The van der Waals surface area contributed by atoms with Crippen molar-refractivity contribution < 1.29 is 76.2 Å². The number of hydrogen-bond acceptors (Lipinski definition) is 10. The molecule has 0 aromatic heterocycles. The summed E-state index contributed by atoms with van der Waals surface area (Å²) >= 11 is 0. The number of aliphatic hydroxyl groups excluding tert-OH is 1. The maximum absolute atomic E-state index is 11.9. The Balaban J connectivity index is 0.00000784. The number of unbranched alkanes of at least 4 members (excludes halogenated alkanes) is 4. The van der Waals surface area contributed by atoms with Gasteiger partial charge in [-0.2, -0.15) is 0 Å². The number of hydrogen-bond donors (Lipinski definition) is 1. The second kappa shape index (κ2) is 13.6. The molecule has 1 aliphatic rings. The van der Waals surface area contributed by atoms with E-state index in [1.54, 1.807) is 0 Å². The molecule has 1 saturated heterocycles. The van der Waals surface area contributed by atoms with E-state index in [1.807, 2.05) is 0 Å². The van der Waals surface area contributed by atoms with Crippen LogP contribution in [0.5, 0.6) is 0 Å². The third kappa shape index (κ3) is 10.2. The molecule has 12 heteroatoms. The van der Waals surface area contributed by atoms with Gasteiger partial charge in [-0.25, -0.2) is 8.42 Å². The molecule has 2 unspecified atom stereocenters. The first-order chi connectivity index (χ1) is 13.1. The fourth-order valence-corrected chi connectivity index (χ4v) is 3.15. The quantitative estimate of drug-likeness (QED) is 0.123. The van der Waals surface area contributed by atoms with Crippen molar-refractivity contribution in [3.05, 3.63) is 0 Å². The molecule has 0 saturated carbocycles. The average Bonchev–Trinajstić information content (AvgIpc) is 2.70. The number of ether oxygens (including phenoxy) is 3. The van der Waals surface area contributed by atoms with Gasteiger partial charge in [0.25, 0.3) is 0 Å². The number of esters is 3. The molecular weight excluding hydrogens is 419 g/mol. The van der Waals surface area contributed by atoms with E-state index in [2.05, 4.69) is 6.92 Å². The Bertz CT molecular complexity index is 651. The Labute approximate surface area is 192 Å². The van der Waals surface area contributed by atoms with Crippen molar-refractivity contribution in [1.29, 1.82) is 0 Å². The second-order valence-electron chi connectivity index (χ2n) is 6.94. The first-order valence-electron chi connectivity index (χ1n) is 9.17. The SMILES string of the molecule is CCCCCCCC(=O)OCC1(CO)COC(=O)CC(S(=O)(=O)[O-])C(=O)OC1.[Na+]. The Morgan fingerprint density at radius 2 is 1.83 bits per heavy atom. The number of aliphatic hydroxyl groups is 1. The predicted octanol–water partition coefficient (Wildman–Crippen LogP) is -2.72. The number of cyclic esters (lactones) is 2. The van der Waals surface area contributed by atoms with Gasteiger partial charge in [-0.05, 0) is 6.42 Å². The van der Waals surface area contributed by atoms with Gasteiger partial charge in [-0.15, -0.1) is 0 Å². The molecule has 1 heterocycles. The Morgan fingerprint density at radius 3 is 2.41 bits per heavy atom. The van der Waals surface area contributed by atoms with Gasteiger partial charge in [-0.3, -0.25) is 14.4 Å². The van der Waals surface area contributed by atoms with E-state index in [4.69, 9.17) is 14.2 Å². The molecule has 0 aliphatic carbocycles. The summed E-state index contributed by atoms with van der Waals surface area (Å²) in [5.41, 5.74) is -1.44. The van der Waals surface area contributed by atoms with Crippen LogP contribution in [0.2, 0.25) is 0 Å². The van der Waals surface area contributed by atoms with E-state index in [0.717, 1.165) is 25.7 Å². The molecule has 0 spiro atoms. The molecule has 0 radical (unpaired) electrons. The van der Waals surface area contributed by atoms with Gasteiger partial charge in [0.2, 0.25) is 0 Å². The van der Waals surface area contributed by atoms with Crippen LogP contribution in [0.25, 0.3) is 0 Å². The molecule has 0 aromatic carbocycles. The topological polar surface area (TPSA) is 156 Å². The molecule has 162 valence electrons. The van der Waals surface area contributed by atoms with Gasteiger partial charge < -0.3 is 23.9 Å². The maximum atomic E-state index is 11.9. The molecule has 0 amide bonds. The summed E-state index contributed by atoms with van der Waals surface area (Å²) in [6.45, 7) is -0.0245. The van der Waals surface area contributed by atoms with E-state index >= 15 is 0 Å². The number of rotatable bonds is 10. The van der Waals surface area contributed by atoms with Crippen molar-refractivity contribution in [2.24, 2.45) is 5.41 Å². The monoisotopic (exact) mass is 446 g/mol. The van der Waals surface area contributed by atoms with Crippen LogP contribution in [0.15, 0.2) is 0 Å². The number of carbonyl (C=O) groups excluding carboxylic acids is 3. The minimum atomic E-state index is -5.12.